The molecule has 1 unspecified atom stereocenters. The van der Waals surface area contributed by atoms with Crippen LogP contribution in [0.1, 0.15) is 19.8 Å². The van der Waals surface area contributed by atoms with Crippen molar-refractivity contribution in [2.75, 3.05) is 24.7 Å². The topological polar surface area (TPSA) is 38.8 Å². The maximum atomic E-state index is 13.3. The Bertz CT molecular complexity index is 514. The van der Waals surface area contributed by atoms with Gasteiger partial charge >= 0.3 is 0 Å². The highest BCUT2D eigenvalue weighted by molar-refractivity contribution is 5.97. The van der Waals surface area contributed by atoms with Gasteiger partial charge in [-0.1, -0.05) is 0 Å². The van der Waals surface area contributed by atoms with E-state index in [4.69, 9.17) is 9.47 Å². The number of nitrogens with zero attached hydrogens (tertiary/aromatic N) is 1. The lowest BCUT2D eigenvalue weighted by Gasteiger charge is -2.36. The number of anilines is 1. The van der Waals surface area contributed by atoms with Gasteiger partial charge in [0.1, 0.15) is 17.7 Å². The minimum atomic E-state index is -0.351. The maximum absolute atomic E-state index is 13.3. The molecule has 1 aromatic rings. The monoisotopic (exact) mass is 279 g/mol. The molecule has 1 atom stereocenters. The van der Waals surface area contributed by atoms with Crippen molar-refractivity contribution in [1.29, 1.82) is 0 Å². The van der Waals surface area contributed by atoms with Gasteiger partial charge in [-0.15, -0.1) is 0 Å². The number of ether oxygens (including phenoxy) is 2. The Labute approximate surface area is 117 Å². The number of fused-ring (bicyclic) bond motifs is 1. The molecule has 0 aliphatic carbocycles. The van der Waals surface area contributed by atoms with Crippen LogP contribution in [0.15, 0.2) is 18.2 Å². The minimum Gasteiger partial charge on any atom is -0.487 e. The molecule has 0 saturated carbocycles. The van der Waals surface area contributed by atoms with Crippen molar-refractivity contribution in [3.05, 3.63) is 24.0 Å². The number of carbonyl (C=O) groups excluding carboxylic acids is 1. The van der Waals surface area contributed by atoms with E-state index in [1.165, 1.54) is 12.1 Å². The summed E-state index contributed by atoms with van der Waals surface area (Å²) in [5.74, 6) is 0.184. The van der Waals surface area contributed by atoms with Crippen LogP contribution in [0.3, 0.4) is 0 Å². The second kappa shape index (κ2) is 5.40. The molecule has 108 valence electrons. The first-order chi connectivity index (χ1) is 9.65. The summed E-state index contributed by atoms with van der Waals surface area (Å²) in [7, 11) is 0. The first-order valence-corrected chi connectivity index (χ1v) is 7.00. The van der Waals surface area contributed by atoms with E-state index in [1.54, 1.807) is 11.0 Å². The largest absolute Gasteiger partial charge is 0.487 e. The number of rotatable bonds is 1. The second-order valence-corrected chi connectivity index (χ2v) is 5.38. The van der Waals surface area contributed by atoms with Crippen molar-refractivity contribution < 1.29 is 18.7 Å². The Balaban J connectivity index is 1.88. The quantitative estimate of drug-likeness (QED) is 0.792. The molecular formula is C15H18FNO3. The highest BCUT2D eigenvalue weighted by atomic mass is 19.1. The zero-order chi connectivity index (χ0) is 14.1. The van der Waals surface area contributed by atoms with E-state index in [-0.39, 0.29) is 23.7 Å². The lowest BCUT2D eigenvalue weighted by molar-refractivity contribution is -0.125. The Morgan fingerprint density at radius 2 is 2.10 bits per heavy atom. The normalized spacial score (nSPS) is 23.1. The van der Waals surface area contributed by atoms with E-state index in [1.807, 2.05) is 6.92 Å². The van der Waals surface area contributed by atoms with Crippen LogP contribution < -0.4 is 9.64 Å². The van der Waals surface area contributed by atoms with E-state index in [0.717, 1.165) is 12.8 Å². The number of carbonyl (C=O) groups is 1. The zero-order valence-electron chi connectivity index (χ0n) is 11.5. The van der Waals surface area contributed by atoms with Crippen molar-refractivity contribution in [2.45, 2.75) is 25.9 Å². The second-order valence-electron chi connectivity index (χ2n) is 5.38. The smallest absolute Gasteiger partial charge is 0.230 e. The lowest BCUT2D eigenvalue weighted by Crippen LogP contribution is -2.46. The molecule has 1 amide bonds. The van der Waals surface area contributed by atoms with Crippen molar-refractivity contribution in [1.82, 2.24) is 0 Å². The van der Waals surface area contributed by atoms with Crippen LogP contribution in [-0.2, 0) is 9.53 Å². The van der Waals surface area contributed by atoms with Crippen LogP contribution >= 0.6 is 0 Å². The number of benzene rings is 1. The lowest BCUT2D eigenvalue weighted by atomic mass is 9.97. The van der Waals surface area contributed by atoms with Crippen LogP contribution in [0, 0.1) is 11.7 Å². The molecule has 0 spiro atoms. The fraction of sp³-hybridized carbons (Fsp3) is 0.533. The molecule has 1 saturated heterocycles. The molecule has 0 bridgehead atoms. The predicted molar refractivity (Wildman–Crippen MR) is 72.4 cm³/mol. The average molecular weight is 279 g/mol. The van der Waals surface area contributed by atoms with Gasteiger partial charge in [0.2, 0.25) is 5.91 Å². The van der Waals surface area contributed by atoms with Gasteiger partial charge in [-0.3, -0.25) is 4.79 Å². The maximum Gasteiger partial charge on any atom is 0.230 e. The van der Waals surface area contributed by atoms with Crippen LogP contribution in [0.25, 0.3) is 0 Å². The zero-order valence-corrected chi connectivity index (χ0v) is 11.5. The molecule has 0 aromatic heterocycles. The van der Waals surface area contributed by atoms with E-state index in [2.05, 4.69) is 0 Å². The summed E-state index contributed by atoms with van der Waals surface area (Å²) in [6.07, 6.45) is 1.37. The highest BCUT2D eigenvalue weighted by Gasteiger charge is 2.32. The summed E-state index contributed by atoms with van der Waals surface area (Å²) in [5.41, 5.74) is 0.668. The van der Waals surface area contributed by atoms with E-state index in [0.29, 0.717) is 31.2 Å². The molecule has 0 N–H and O–H groups in total. The van der Waals surface area contributed by atoms with Gasteiger partial charge in [-0.2, -0.15) is 0 Å². The Hall–Kier alpha value is -1.62. The van der Waals surface area contributed by atoms with E-state index < -0.39 is 0 Å². The third-order valence-electron chi connectivity index (χ3n) is 3.82. The van der Waals surface area contributed by atoms with E-state index >= 15 is 0 Å². The summed E-state index contributed by atoms with van der Waals surface area (Å²) in [6, 6.07) is 4.32. The van der Waals surface area contributed by atoms with Gasteiger partial charge in [-0.05, 0) is 31.9 Å². The molecule has 2 heterocycles. The molecule has 3 rings (SSSR count). The van der Waals surface area contributed by atoms with Gasteiger partial charge in [-0.25, -0.2) is 4.39 Å². The van der Waals surface area contributed by atoms with Gasteiger partial charge in [0.15, 0.2) is 0 Å². The molecule has 4 nitrogen and oxygen atoms in total. The standard InChI is InChI=1S/C15H18FNO3/c1-10-9-17(15(18)11-4-6-19-7-5-11)13-3-2-12(16)8-14(13)20-10/h2-3,8,10-11H,4-7,9H2,1H3. The van der Waals surface area contributed by atoms with Crippen molar-refractivity contribution in [3.63, 3.8) is 0 Å². The van der Waals surface area contributed by atoms with Crippen LogP contribution in [-0.4, -0.2) is 31.8 Å². The van der Waals surface area contributed by atoms with Gasteiger partial charge in [0.05, 0.1) is 12.2 Å². The molecule has 1 aromatic carbocycles. The fourth-order valence-corrected chi connectivity index (χ4v) is 2.79. The molecular weight excluding hydrogens is 261 g/mol. The summed E-state index contributed by atoms with van der Waals surface area (Å²) < 4.78 is 24.2. The molecule has 2 aliphatic heterocycles. The van der Waals surface area contributed by atoms with Gasteiger partial charge in [0, 0.05) is 25.2 Å². The average Bonchev–Trinajstić information content (AvgIpc) is 2.46. The Morgan fingerprint density at radius 1 is 1.35 bits per heavy atom. The summed E-state index contributed by atoms with van der Waals surface area (Å²) in [6.45, 7) is 3.66. The summed E-state index contributed by atoms with van der Waals surface area (Å²) in [4.78, 5) is 14.4. The Morgan fingerprint density at radius 3 is 2.85 bits per heavy atom. The van der Waals surface area contributed by atoms with E-state index in [9.17, 15) is 9.18 Å². The molecule has 2 aliphatic rings. The van der Waals surface area contributed by atoms with Gasteiger partial charge in [0.25, 0.3) is 0 Å². The van der Waals surface area contributed by atoms with Crippen molar-refractivity contribution in [2.24, 2.45) is 5.92 Å². The molecule has 0 radical (unpaired) electrons. The molecule has 5 heteroatoms. The summed E-state index contributed by atoms with van der Waals surface area (Å²) in [5, 5.41) is 0. The van der Waals surface area contributed by atoms with Crippen LogP contribution in [0.5, 0.6) is 5.75 Å². The Kier molecular flexibility index (Phi) is 3.61. The third kappa shape index (κ3) is 2.50. The SMILES string of the molecule is CC1CN(C(=O)C2CCOCC2)c2ccc(F)cc2O1. The molecule has 20 heavy (non-hydrogen) atoms. The summed E-state index contributed by atoms with van der Waals surface area (Å²) >= 11 is 0. The van der Waals surface area contributed by atoms with Crippen molar-refractivity contribution in [3.8, 4) is 5.75 Å². The van der Waals surface area contributed by atoms with Crippen LogP contribution in [0.2, 0.25) is 0 Å². The fourth-order valence-electron chi connectivity index (χ4n) is 2.79. The number of hydrogen-bond donors (Lipinski definition) is 0. The molecule has 1 fully saturated rings. The first kappa shape index (κ1) is 13.4. The number of amides is 1. The van der Waals surface area contributed by atoms with Crippen LogP contribution in [0.4, 0.5) is 10.1 Å². The highest BCUT2D eigenvalue weighted by Crippen LogP contribution is 2.35. The number of hydrogen-bond acceptors (Lipinski definition) is 3. The predicted octanol–water partition coefficient (Wildman–Crippen LogP) is 2.37. The van der Waals surface area contributed by atoms with Crippen molar-refractivity contribution >= 4 is 11.6 Å². The first-order valence-electron chi connectivity index (χ1n) is 7.00. The number of halogens is 1. The van der Waals surface area contributed by atoms with Gasteiger partial charge < -0.3 is 14.4 Å². The third-order valence-corrected chi connectivity index (χ3v) is 3.82. The minimum absolute atomic E-state index is 0.00745.